The minimum absolute atomic E-state index is 0. The van der Waals surface area contributed by atoms with Gasteiger partial charge in [0.2, 0.25) is 0 Å². The maximum Gasteiger partial charge on any atom is 0.193 e. The molecule has 6 heteroatoms. The van der Waals surface area contributed by atoms with Crippen molar-refractivity contribution in [2.75, 3.05) is 26.1 Å². The largest absolute Gasteiger partial charge is 0.493 e. The van der Waals surface area contributed by atoms with Crippen LogP contribution >= 0.6 is 24.0 Å². The van der Waals surface area contributed by atoms with Crippen molar-refractivity contribution >= 4 is 35.6 Å². The van der Waals surface area contributed by atoms with Crippen LogP contribution < -0.4 is 20.5 Å². The molecule has 2 rings (SSSR count). The third-order valence-corrected chi connectivity index (χ3v) is 4.14. The van der Waals surface area contributed by atoms with Crippen LogP contribution in [0, 0.1) is 20.8 Å². The molecule has 3 N–H and O–H groups in total. The fourth-order valence-electron chi connectivity index (χ4n) is 2.99. The summed E-state index contributed by atoms with van der Waals surface area (Å²) < 4.78 is 10.5. The third kappa shape index (κ3) is 5.79. The molecule has 0 aliphatic heterocycles. The number of nitrogens with one attached hydrogen (secondary N) is 1. The van der Waals surface area contributed by atoms with Gasteiger partial charge in [-0.15, -0.1) is 24.0 Å². The zero-order valence-corrected chi connectivity index (χ0v) is 18.4. The van der Waals surface area contributed by atoms with E-state index in [1.807, 2.05) is 18.2 Å². The lowest BCUT2D eigenvalue weighted by molar-refractivity contribution is 0.355. The number of aliphatic imine (C=N–C) groups is 1. The van der Waals surface area contributed by atoms with Gasteiger partial charge in [-0.2, -0.15) is 0 Å². The van der Waals surface area contributed by atoms with Gasteiger partial charge in [0.15, 0.2) is 17.5 Å². The Kier molecular flexibility index (Phi) is 8.71. The lowest BCUT2D eigenvalue weighted by atomic mass is 9.97. The van der Waals surface area contributed by atoms with Crippen molar-refractivity contribution in [3.63, 3.8) is 0 Å². The van der Waals surface area contributed by atoms with E-state index in [2.05, 4.69) is 43.2 Å². The van der Waals surface area contributed by atoms with E-state index in [0.29, 0.717) is 24.0 Å². The molecule has 0 fully saturated rings. The number of anilines is 1. The van der Waals surface area contributed by atoms with Crippen molar-refractivity contribution in [3.8, 4) is 11.5 Å². The van der Waals surface area contributed by atoms with Crippen LogP contribution in [0.15, 0.2) is 35.3 Å². The van der Waals surface area contributed by atoms with Gasteiger partial charge in [0.1, 0.15) is 0 Å². The summed E-state index contributed by atoms with van der Waals surface area (Å²) in [5, 5.41) is 3.08. The molecule has 0 bridgehead atoms. The first kappa shape index (κ1) is 22.1. The fourth-order valence-corrected chi connectivity index (χ4v) is 2.99. The third-order valence-electron chi connectivity index (χ3n) is 4.14. The molecule has 0 aliphatic rings. The molecule has 0 saturated heterocycles. The van der Waals surface area contributed by atoms with Gasteiger partial charge in [-0.05, 0) is 56.0 Å². The molecule has 142 valence electrons. The number of benzene rings is 2. The smallest absolute Gasteiger partial charge is 0.193 e. The predicted molar refractivity (Wildman–Crippen MR) is 119 cm³/mol. The van der Waals surface area contributed by atoms with E-state index in [0.717, 1.165) is 12.1 Å². The van der Waals surface area contributed by atoms with Crippen molar-refractivity contribution in [3.05, 3.63) is 52.6 Å². The van der Waals surface area contributed by atoms with Crippen LogP contribution in [0.4, 0.5) is 5.69 Å². The number of nitrogens with zero attached hydrogens (tertiary/aromatic N) is 1. The molecule has 0 atom stereocenters. The number of halogens is 1. The zero-order valence-electron chi connectivity index (χ0n) is 16.1. The normalized spacial score (nSPS) is 10.9. The van der Waals surface area contributed by atoms with Crippen molar-refractivity contribution in [1.29, 1.82) is 0 Å². The Hall–Kier alpha value is -1.96. The highest BCUT2D eigenvalue weighted by Gasteiger charge is 2.06. The number of guanidine groups is 1. The highest BCUT2D eigenvalue weighted by Crippen LogP contribution is 2.29. The van der Waals surface area contributed by atoms with Gasteiger partial charge < -0.3 is 20.5 Å². The van der Waals surface area contributed by atoms with Crippen LogP contribution in [0.2, 0.25) is 0 Å². The van der Waals surface area contributed by atoms with Gasteiger partial charge >= 0.3 is 0 Å². The summed E-state index contributed by atoms with van der Waals surface area (Å²) in [6, 6.07) is 9.94. The quantitative estimate of drug-likeness (QED) is 0.378. The molecule has 0 unspecified atom stereocenters. The van der Waals surface area contributed by atoms with Gasteiger partial charge in [-0.1, -0.05) is 17.7 Å². The Morgan fingerprint density at radius 2 is 1.62 bits per heavy atom. The molecule has 26 heavy (non-hydrogen) atoms. The standard InChI is InChI=1S/C20H27N3O2.HI/c1-13-10-14(2)17(15(3)11-13)8-9-22-20(21)23-16-6-7-18(24-4)19(12-16)25-5;/h6-7,10-12H,8-9H2,1-5H3,(H3,21,22,23);1H. The molecule has 0 spiro atoms. The molecular formula is C20H28IN3O2. The molecule has 0 saturated carbocycles. The number of ether oxygens (including phenoxy) is 2. The maximum absolute atomic E-state index is 6.00. The highest BCUT2D eigenvalue weighted by molar-refractivity contribution is 14.0. The number of hydrogen-bond donors (Lipinski definition) is 2. The first-order chi connectivity index (χ1) is 11.9. The molecule has 5 nitrogen and oxygen atoms in total. The SMILES string of the molecule is COc1ccc(NC(N)=NCCc2c(C)cc(C)cc2C)cc1OC.I. The second-order valence-electron chi connectivity index (χ2n) is 6.09. The van der Waals surface area contributed by atoms with E-state index in [1.165, 1.54) is 22.3 Å². The van der Waals surface area contributed by atoms with Crippen LogP contribution in [-0.4, -0.2) is 26.7 Å². The molecule has 0 heterocycles. The molecule has 0 aromatic heterocycles. The molecular weight excluding hydrogens is 441 g/mol. The number of methoxy groups -OCH3 is 2. The summed E-state index contributed by atoms with van der Waals surface area (Å²) in [4.78, 5) is 4.43. The summed E-state index contributed by atoms with van der Waals surface area (Å²) >= 11 is 0. The summed E-state index contributed by atoms with van der Waals surface area (Å²) in [7, 11) is 3.21. The summed E-state index contributed by atoms with van der Waals surface area (Å²) in [5.41, 5.74) is 12.0. The monoisotopic (exact) mass is 469 g/mol. The van der Waals surface area contributed by atoms with E-state index in [9.17, 15) is 0 Å². The molecule has 0 aliphatic carbocycles. The Morgan fingerprint density at radius 3 is 2.19 bits per heavy atom. The first-order valence-electron chi connectivity index (χ1n) is 8.30. The molecule has 0 amide bonds. The van der Waals surface area contributed by atoms with E-state index in [4.69, 9.17) is 15.2 Å². The van der Waals surface area contributed by atoms with Gasteiger partial charge in [-0.3, -0.25) is 4.99 Å². The van der Waals surface area contributed by atoms with Crippen molar-refractivity contribution in [2.24, 2.45) is 10.7 Å². The Labute approximate surface area is 173 Å². The minimum atomic E-state index is 0. The fraction of sp³-hybridized carbons (Fsp3) is 0.350. The maximum atomic E-state index is 6.00. The van der Waals surface area contributed by atoms with E-state index in [-0.39, 0.29) is 24.0 Å². The predicted octanol–water partition coefficient (Wildman–Crippen LogP) is 4.22. The Balaban J connectivity index is 0.00000338. The topological polar surface area (TPSA) is 68.9 Å². The van der Waals surface area contributed by atoms with Crippen LogP contribution in [0.5, 0.6) is 11.5 Å². The average molecular weight is 469 g/mol. The van der Waals surface area contributed by atoms with Gasteiger partial charge in [0, 0.05) is 18.3 Å². The van der Waals surface area contributed by atoms with Crippen LogP contribution in [0.25, 0.3) is 0 Å². The average Bonchev–Trinajstić information content (AvgIpc) is 2.57. The Bertz CT molecular complexity index is 753. The van der Waals surface area contributed by atoms with Crippen LogP contribution in [-0.2, 0) is 6.42 Å². The summed E-state index contributed by atoms with van der Waals surface area (Å²) in [5.74, 6) is 1.70. The number of nitrogens with two attached hydrogens (primary N) is 1. The van der Waals surface area contributed by atoms with Gasteiger partial charge in [0.05, 0.1) is 14.2 Å². The lowest BCUT2D eigenvalue weighted by Gasteiger charge is -2.12. The summed E-state index contributed by atoms with van der Waals surface area (Å²) in [6.45, 7) is 7.04. The van der Waals surface area contributed by atoms with Crippen molar-refractivity contribution in [2.45, 2.75) is 27.2 Å². The molecule has 2 aromatic carbocycles. The van der Waals surface area contributed by atoms with Crippen molar-refractivity contribution in [1.82, 2.24) is 0 Å². The van der Waals surface area contributed by atoms with Gasteiger partial charge in [-0.25, -0.2) is 0 Å². The first-order valence-corrected chi connectivity index (χ1v) is 8.30. The van der Waals surface area contributed by atoms with Gasteiger partial charge in [0.25, 0.3) is 0 Å². The minimum Gasteiger partial charge on any atom is -0.493 e. The number of rotatable bonds is 6. The summed E-state index contributed by atoms with van der Waals surface area (Å²) in [6.07, 6.45) is 0.867. The number of hydrogen-bond acceptors (Lipinski definition) is 3. The second-order valence-corrected chi connectivity index (χ2v) is 6.09. The zero-order chi connectivity index (χ0) is 18.4. The van der Waals surface area contributed by atoms with E-state index >= 15 is 0 Å². The van der Waals surface area contributed by atoms with Crippen LogP contribution in [0.1, 0.15) is 22.3 Å². The Morgan fingerprint density at radius 1 is 1.00 bits per heavy atom. The van der Waals surface area contributed by atoms with Crippen LogP contribution in [0.3, 0.4) is 0 Å². The van der Waals surface area contributed by atoms with Crippen molar-refractivity contribution < 1.29 is 9.47 Å². The number of aryl methyl sites for hydroxylation is 3. The highest BCUT2D eigenvalue weighted by atomic mass is 127. The molecule has 2 aromatic rings. The van der Waals surface area contributed by atoms with E-state index < -0.39 is 0 Å². The molecule has 0 radical (unpaired) electrons. The lowest BCUT2D eigenvalue weighted by Crippen LogP contribution is -2.23. The van der Waals surface area contributed by atoms with E-state index in [1.54, 1.807) is 14.2 Å². The second kappa shape index (κ2) is 10.3.